The minimum absolute atomic E-state index is 0.0320. The summed E-state index contributed by atoms with van der Waals surface area (Å²) in [5.74, 6) is -0.455. The molecular formula is C47H58F3N6O8P. The van der Waals surface area contributed by atoms with Gasteiger partial charge in [0, 0.05) is 24.0 Å². The number of hydrogen-bond donors (Lipinski definition) is 0. The maximum atomic E-state index is 17.7. The van der Waals surface area contributed by atoms with E-state index >= 15 is 13.2 Å². The predicted octanol–water partition coefficient (Wildman–Crippen LogP) is 9.93. The number of phosphoric acid groups is 1. The zero-order chi connectivity index (χ0) is 46.9. The molecule has 4 aliphatic rings. The van der Waals surface area contributed by atoms with Crippen molar-refractivity contribution in [3.05, 3.63) is 47.4 Å². The van der Waals surface area contributed by atoms with Crippen LogP contribution in [0.25, 0.3) is 32.9 Å². The van der Waals surface area contributed by atoms with E-state index in [1.807, 2.05) is 25.7 Å². The topological polar surface area (TPSA) is 138 Å². The van der Waals surface area contributed by atoms with E-state index in [4.69, 9.17) is 39.2 Å². The zero-order valence-corrected chi connectivity index (χ0v) is 39.5. The number of rotatable bonds is 11. The molecule has 0 saturated carbocycles. The molecule has 4 saturated heterocycles. The van der Waals surface area contributed by atoms with E-state index in [1.165, 1.54) is 18.2 Å². The smallest absolute Gasteiger partial charge is 0.467 e. The Labute approximate surface area is 378 Å². The van der Waals surface area contributed by atoms with Gasteiger partial charge < -0.3 is 19.1 Å². The van der Waals surface area contributed by atoms with Gasteiger partial charge in [0.25, 0.3) is 0 Å². The van der Waals surface area contributed by atoms with E-state index < -0.39 is 66.3 Å². The number of piperazine rings is 1. The Hall–Kier alpha value is -4.72. The molecule has 8 rings (SSSR count). The van der Waals surface area contributed by atoms with Crippen molar-refractivity contribution >= 4 is 41.4 Å². The van der Waals surface area contributed by atoms with Gasteiger partial charge in [-0.1, -0.05) is 12.0 Å². The van der Waals surface area contributed by atoms with Crippen molar-refractivity contribution in [2.45, 2.75) is 135 Å². The number of amides is 1. The van der Waals surface area contributed by atoms with Crippen LogP contribution in [0.3, 0.4) is 0 Å². The van der Waals surface area contributed by atoms with Crippen LogP contribution in [0.1, 0.15) is 106 Å². The number of benzene rings is 2. The lowest BCUT2D eigenvalue weighted by Crippen LogP contribution is -2.57. The number of nitrogens with zero attached hydrogens (tertiary/aromatic N) is 6. The van der Waals surface area contributed by atoms with Crippen molar-refractivity contribution in [2.24, 2.45) is 0 Å². The molecule has 6 heterocycles. The number of carbonyl (C=O) groups excluding carboxylic acids is 1. The summed E-state index contributed by atoms with van der Waals surface area (Å²) < 4.78 is 99.1. The third kappa shape index (κ3) is 9.74. The van der Waals surface area contributed by atoms with Crippen molar-refractivity contribution in [2.75, 3.05) is 44.5 Å². The number of anilines is 1. The third-order valence-corrected chi connectivity index (χ3v) is 14.0. The highest BCUT2D eigenvalue weighted by atomic mass is 31.2. The molecule has 2 atom stereocenters. The molecule has 350 valence electrons. The summed E-state index contributed by atoms with van der Waals surface area (Å²) in [6.45, 7) is 17.6. The number of carbonyl (C=O) groups is 1. The molecule has 4 fully saturated rings. The Morgan fingerprint density at radius 1 is 0.877 bits per heavy atom. The summed E-state index contributed by atoms with van der Waals surface area (Å²) in [7, 11) is -4.22. The monoisotopic (exact) mass is 922 g/mol. The van der Waals surface area contributed by atoms with Crippen LogP contribution in [0.5, 0.6) is 11.8 Å². The molecule has 0 spiro atoms. The highest BCUT2D eigenvalue weighted by Crippen LogP contribution is 2.55. The van der Waals surface area contributed by atoms with Crippen LogP contribution in [0.2, 0.25) is 0 Å². The van der Waals surface area contributed by atoms with Crippen LogP contribution >= 0.6 is 7.82 Å². The summed E-state index contributed by atoms with van der Waals surface area (Å²) in [6, 6.07) is 4.68. The van der Waals surface area contributed by atoms with Crippen LogP contribution in [-0.2, 0) is 22.9 Å². The van der Waals surface area contributed by atoms with Crippen molar-refractivity contribution in [1.29, 1.82) is 0 Å². The van der Waals surface area contributed by atoms with E-state index in [0.717, 1.165) is 44.8 Å². The van der Waals surface area contributed by atoms with Crippen LogP contribution in [0.4, 0.5) is 23.8 Å². The normalized spacial score (nSPS) is 20.1. The molecule has 18 heteroatoms. The van der Waals surface area contributed by atoms with Crippen molar-refractivity contribution in [1.82, 2.24) is 24.8 Å². The van der Waals surface area contributed by atoms with Crippen LogP contribution in [0, 0.1) is 29.9 Å². The van der Waals surface area contributed by atoms with E-state index in [2.05, 4.69) is 20.8 Å². The third-order valence-electron chi connectivity index (χ3n) is 12.0. The van der Waals surface area contributed by atoms with E-state index in [0.29, 0.717) is 18.2 Å². The largest absolute Gasteiger partial charge is 0.478 e. The lowest BCUT2D eigenvalue weighted by atomic mass is 9.95. The Kier molecular flexibility index (Phi) is 12.4. The van der Waals surface area contributed by atoms with Gasteiger partial charge in [-0.25, -0.2) is 27.6 Å². The fraction of sp³-hybridized carbons (Fsp3) is 0.574. The number of halogens is 3. The van der Waals surface area contributed by atoms with Crippen molar-refractivity contribution in [3.8, 4) is 35.4 Å². The van der Waals surface area contributed by atoms with Gasteiger partial charge in [-0.15, -0.1) is 6.42 Å². The molecular weight excluding hydrogens is 865 g/mol. The second-order valence-corrected chi connectivity index (χ2v) is 21.9. The van der Waals surface area contributed by atoms with Gasteiger partial charge in [0.1, 0.15) is 46.2 Å². The first-order valence-electron chi connectivity index (χ1n) is 22.2. The van der Waals surface area contributed by atoms with Crippen LogP contribution in [-0.4, -0.2) is 105 Å². The molecule has 1 amide bonds. The highest BCUT2D eigenvalue weighted by molar-refractivity contribution is 7.48. The summed E-state index contributed by atoms with van der Waals surface area (Å²) in [6.07, 6.45) is 10.7. The van der Waals surface area contributed by atoms with Crippen molar-refractivity contribution in [3.63, 3.8) is 0 Å². The zero-order valence-electron chi connectivity index (χ0n) is 38.6. The second-order valence-electron chi connectivity index (χ2n) is 20.4. The number of aromatic nitrogens is 3. The molecule has 2 aromatic carbocycles. The highest BCUT2D eigenvalue weighted by Gasteiger charge is 2.47. The lowest BCUT2D eigenvalue weighted by molar-refractivity contribution is -0.0189. The summed E-state index contributed by atoms with van der Waals surface area (Å²) in [5, 5.41) is 0.0782. The molecule has 2 unspecified atom stereocenters. The fourth-order valence-corrected chi connectivity index (χ4v) is 11.3. The molecule has 2 aromatic heterocycles. The number of terminal acetylenes is 1. The predicted molar refractivity (Wildman–Crippen MR) is 239 cm³/mol. The minimum atomic E-state index is -4.22. The molecule has 2 bridgehead atoms. The van der Waals surface area contributed by atoms with E-state index in [1.54, 1.807) is 46.4 Å². The Balaban J connectivity index is 1.22. The number of fused-ring (bicyclic) bond motifs is 5. The first-order valence-corrected chi connectivity index (χ1v) is 23.6. The second kappa shape index (κ2) is 17.2. The molecule has 0 N–H and O–H groups in total. The van der Waals surface area contributed by atoms with Gasteiger partial charge in [-0.2, -0.15) is 14.4 Å². The summed E-state index contributed by atoms with van der Waals surface area (Å²) >= 11 is 0. The minimum Gasteiger partial charge on any atom is -0.467 e. The van der Waals surface area contributed by atoms with Crippen LogP contribution < -0.4 is 14.4 Å². The quantitative estimate of drug-likeness (QED) is 0.0611. The average molecular weight is 923 g/mol. The number of hydrogen-bond acceptors (Lipinski definition) is 13. The summed E-state index contributed by atoms with van der Waals surface area (Å²) in [4.78, 5) is 32.9. The van der Waals surface area contributed by atoms with Gasteiger partial charge in [-0.05, 0) is 138 Å². The SMILES string of the molecule is C#Cc1c(F)ccc2cc(OCOP(=O)(OC(C)(C)C)OC(C)(C)C)cc(-c3nc(F)c4c(N5CC6CCC(C5)N6C(=O)OC(C)(C)C)nc(OCC56CCCN5CCC6)nc4c3F)c12. The maximum absolute atomic E-state index is 17.7. The fourth-order valence-electron chi connectivity index (χ4n) is 9.64. The maximum Gasteiger partial charge on any atom is 0.478 e. The van der Waals surface area contributed by atoms with E-state index in [-0.39, 0.29) is 76.8 Å². The molecule has 4 aromatic rings. The average Bonchev–Trinajstić information content (AvgIpc) is 3.86. The molecule has 0 aliphatic carbocycles. The van der Waals surface area contributed by atoms with Gasteiger partial charge >= 0.3 is 19.9 Å². The summed E-state index contributed by atoms with van der Waals surface area (Å²) in [5.41, 5.74) is -4.04. The number of phosphoric ester groups is 1. The molecule has 4 aliphatic heterocycles. The number of pyridine rings is 1. The Morgan fingerprint density at radius 2 is 1.52 bits per heavy atom. The van der Waals surface area contributed by atoms with Gasteiger partial charge in [0.05, 0.1) is 34.4 Å². The van der Waals surface area contributed by atoms with Crippen molar-refractivity contribution < 1.29 is 50.3 Å². The van der Waals surface area contributed by atoms with Gasteiger partial charge in [0.2, 0.25) is 5.95 Å². The molecule has 14 nitrogen and oxygen atoms in total. The first-order chi connectivity index (χ1) is 30.5. The van der Waals surface area contributed by atoms with Gasteiger partial charge in [0.15, 0.2) is 12.6 Å². The number of ether oxygens (including phenoxy) is 3. The van der Waals surface area contributed by atoms with E-state index in [9.17, 15) is 9.36 Å². The lowest BCUT2D eigenvalue weighted by Gasteiger charge is -2.42. The molecule has 0 radical (unpaired) electrons. The first kappa shape index (κ1) is 46.8. The Morgan fingerprint density at radius 3 is 2.12 bits per heavy atom. The van der Waals surface area contributed by atoms with Gasteiger partial charge in [-0.3, -0.25) is 18.8 Å². The van der Waals surface area contributed by atoms with Crippen LogP contribution in [0.15, 0.2) is 24.3 Å². The Bertz CT molecular complexity index is 2560. The molecule has 65 heavy (non-hydrogen) atoms. The standard InChI is InChI=1S/C47H58F3N6O8P/c1-11-32-34(48)17-14-28-22-31(60-27-61-65(58,63-45(5,6)7)64-46(8,9)10)23-33(35(28)32)38-37(49)39-36(40(50)51-38)41(53-42(52-39)59-26-47-18-12-20-55(47)21-13-19-47)54-24-29-15-16-30(25-54)56(29)43(57)62-44(2,3)4/h1,14,17,22-23,29-30H,12-13,15-16,18-21,24-27H2,2-10H3.